The summed E-state index contributed by atoms with van der Waals surface area (Å²) < 4.78 is 71.7. The van der Waals surface area contributed by atoms with Crippen molar-refractivity contribution in [2.75, 3.05) is 49.6 Å². The maximum Gasteiger partial charge on any atom is 0.416 e. The van der Waals surface area contributed by atoms with Crippen molar-refractivity contribution in [3.63, 3.8) is 0 Å². The van der Waals surface area contributed by atoms with Crippen LogP contribution in [-0.2, 0) is 25.7 Å². The van der Waals surface area contributed by atoms with Crippen LogP contribution in [-0.4, -0.2) is 58.0 Å². The minimum Gasteiger partial charge on any atom is -0.378 e. The number of nitrogens with zero attached hydrogens (tertiary/aromatic N) is 2. The first-order chi connectivity index (χ1) is 15.1. The molecule has 7 nitrogen and oxygen atoms in total. The molecule has 1 saturated heterocycles. The van der Waals surface area contributed by atoms with Gasteiger partial charge in [0, 0.05) is 19.6 Å². The first kappa shape index (κ1) is 24.2. The Morgan fingerprint density at radius 2 is 2.00 bits per heavy atom. The van der Waals surface area contributed by atoms with Crippen LogP contribution in [0.3, 0.4) is 0 Å². The molecule has 0 bridgehead atoms. The molecular weight excluding hydrogens is 467 g/mol. The number of ether oxygens (including phenoxy) is 1. The minimum absolute atomic E-state index is 0.0428. The molecule has 1 aliphatic heterocycles. The molecule has 1 aromatic heterocycles. The Morgan fingerprint density at radius 3 is 2.59 bits per heavy atom. The summed E-state index contributed by atoms with van der Waals surface area (Å²) in [4.78, 5) is 14.5. The monoisotopic (exact) mass is 489 g/mol. The summed E-state index contributed by atoms with van der Waals surface area (Å²) in [5.41, 5.74) is -0.552. The van der Waals surface area contributed by atoms with Gasteiger partial charge in [-0.05, 0) is 29.6 Å². The van der Waals surface area contributed by atoms with Crippen molar-refractivity contribution < 1.29 is 31.1 Å². The summed E-state index contributed by atoms with van der Waals surface area (Å²) in [6.07, 6.45) is -3.26. The van der Waals surface area contributed by atoms with Gasteiger partial charge in [0.2, 0.25) is 5.91 Å². The van der Waals surface area contributed by atoms with E-state index in [0.29, 0.717) is 32.0 Å². The molecule has 3 rings (SSSR count). The molecule has 174 valence electrons. The Kier molecular flexibility index (Phi) is 7.59. The third-order valence-electron chi connectivity index (χ3n) is 4.69. The zero-order valence-corrected chi connectivity index (χ0v) is 18.6. The Labute approximate surface area is 188 Å². The van der Waals surface area contributed by atoms with Gasteiger partial charge in [-0.15, -0.1) is 17.9 Å². The molecule has 0 radical (unpaired) electrons. The molecule has 0 unspecified atom stereocenters. The largest absolute Gasteiger partial charge is 0.416 e. The van der Waals surface area contributed by atoms with Crippen LogP contribution in [0.5, 0.6) is 0 Å². The van der Waals surface area contributed by atoms with Crippen molar-refractivity contribution in [3.05, 3.63) is 53.9 Å². The Morgan fingerprint density at radius 1 is 1.28 bits per heavy atom. The van der Waals surface area contributed by atoms with Crippen molar-refractivity contribution in [1.82, 2.24) is 4.31 Å². The predicted octanol–water partition coefficient (Wildman–Crippen LogP) is 3.42. The van der Waals surface area contributed by atoms with Crippen LogP contribution >= 0.6 is 11.3 Å². The van der Waals surface area contributed by atoms with Gasteiger partial charge in [-0.2, -0.15) is 17.5 Å². The second-order valence-corrected chi connectivity index (χ2v) is 10.0. The minimum atomic E-state index is -4.60. The van der Waals surface area contributed by atoms with E-state index in [4.69, 9.17) is 4.74 Å². The lowest BCUT2D eigenvalue weighted by Gasteiger charge is -2.31. The van der Waals surface area contributed by atoms with Gasteiger partial charge in [-0.1, -0.05) is 12.1 Å². The lowest BCUT2D eigenvalue weighted by molar-refractivity contribution is -0.137. The van der Waals surface area contributed by atoms with Gasteiger partial charge >= 0.3 is 6.18 Å². The standard InChI is InChI=1S/C20H22F3N3O4S2/c1-2-7-26(32(28,29)19-4-3-12-31-19)14-18(27)24-16-13-15(20(21,22)23)5-6-17(16)25-8-10-30-11-9-25/h2-6,12-13H,1,7-11,14H2,(H,24,27). The highest BCUT2D eigenvalue weighted by Crippen LogP contribution is 2.36. The average Bonchev–Trinajstić information content (AvgIpc) is 3.29. The maximum absolute atomic E-state index is 13.3. The number of amides is 1. The maximum atomic E-state index is 13.3. The fourth-order valence-electron chi connectivity index (χ4n) is 3.17. The van der Waals surface area contributed by atoms with Gasteiger partial charge in [0.15, 0.2) is 0 Å². The van der Waals surface area contributed by atoms with Gasteiger partial charge in [-0.3, -0.25) is 4.79 Å². The van der Waals surface area contributed by atoms with Crippen LogP contribution in [0.1, 0.15) is 5.56 Å². The first-order valence-corrected chi connectivity index (χ1v) is 11.9. The van der Waals surface area contributed by atoms with Crippen molar-refractivity contribution in [3.8, 4) is 0 Å². The van der Waals surface area contributed by atoms with E-state index in [1.54, 1.807) is 11.4 Å². The molecule has 2 aromatic rings. The molecule has 0 aliphatic carbocycles. The number of thiophene rings is 1. The van der Waals surface area contributed by atoms with Gasteiger partial charge in [-0.25, -0.2) is 8.42 Å². The van der Waals surface area contributed by atoms with E-state index >= 15 is 0 Å². The molecular formula is C20H22F3N3O4S2. The van der Waals surface area contributed by atoms with Crippen LogP contribution in [0.4, 0.5) is 24.5 Å². The number of rotatable bonds is 8. The van der Waals surface area contributed by atoms with E-state index < -0.39 is 34.2 Å². The van der Waals surface area contributed by atoms with Gasteiger partial charge in [0.1, 0.15) is 4.21 Å². The molecule has 2 heterocycles. The van der Waals surface area contributed by atoms with Crippen molar-refractivity contribution in [2.45, 2.75) is 10.4 Å². The van der Waals surface area contributed by atoms with Crippen LogP contribution in [0.2, 0.25) is 0 Å². The fourth-order valence-corrected chi connectivity index (χ4v) is 5.68. The number of hydrogen-bond acceptors (Lipinski definition) is 6. The number of nitrogens with one attached hydrogen (secondary N) is 1. The van der Waals surface area contributed by atoms with Crippen molar-refractivity contribution >= 4 is 38.6 Å². The average molecular weight is 490 g/mol. The number of benzene rings is 1. The van der Waals surface area contributed by atoms with Crippen LogP contribution < -0.4 is 10.2 Å². The molecule has 1 N–H and O–H groups in total. The SMILES string of the molecule is C=CCN(CC(=O)Nc1cc(C(F)(F)F)ccc1N1CCOCC1)S(=O)(=O)c1cccs1. The summed E-state index contributed by atoms with van der Waals surface area (Å²) in [6, 6.07) is 6.09. The number of hydrogen-bond donors (Lipinski definition) is 1. The zero-order valence-electron chi connectivity index (χ0n) is 17.0. The Bertz CT molecular complexity index is 1050. The molecule has 0 atom stereocenters. The van der Waals surface area contributed by atoms with E-state index in [9.17, 15) is 26.4 Å². The van der Waals surface area contributed by atoms with Gasteiger partial charge < -0.3 is 15.0 Å². The highest BCUT2D eigenvalue weighted by Gasteiger charge is 2.32. The highest BCUT2D eigenvalue weighted by atomic mass is 32.2. The zero-order chi connectivity index (χ0) is 23.4. The lowest BCUT2D eigenvalue weighted by atomic mass is 10.1. The molecule has 0 spiro atoms. The second kappa shape index (κ2) is 10.0. The number of alkyl halides is 3. The molecule has 1 amide bonds. The quantitative estimate of drug-likeness (QED) is 0.575. The van der Waals surface area contributed by atoms with Gasteiger partial charge in [0.05, 0.1) is 36.7 Å². The number of morpholine rings is 1. The number of carbonyl (C=O) groups is 1. The van der Waals surface area contributed by atoms with E-state index in [1.807, 2.05) is 4.90 Å². The van der Waals surface area contributed by atoms with E-state index in [2.05, 4.69) is 11.9 Å². The summed E-state index contributed by atoms with van der Waals surface area (Å²) >= 11 is 1.00. The number of anilines is 2. The third-order valence-corrected chi connectivity index (χ3v) is 7.88. The van der Waals surface area contributed by atoms with E-state index in [1.165, 1.54) is 18.2 Å². The number of sulfonamides is 1. The summed E-state index contributed by atoms with van der Waals surface area (Å²) in [5.74, 6) is -0.763. The number of carbonyl (C=O) groups excluding carboxylic acids is 1. The molecule has 1 aromatic carbocycles. The topological polar surface area (TPSA) is 79.0 Å². The molecule has 1 fully saturated rings. The summed E-state index contributed by atoms with van der Waals surface area (Å²) in [7, 11) is -3.96. The Hall–Kier alpha value is -2.41. The number of halogens is 3. The van der Waals surface area contributed by atoms with Gasteiger partial charge in [0.25, 0.3) is 10.0 Å². The van der Waals surface area contributed by atoms with Crippen LogP contribution in [0.25, 0.3) is 0 Å². The second-order valence-electron chi connectivity index (χ2n) is 6.90. The molecule has 0 saturated carbocycles. The van der Waals surface area contributed by atoms with Crippen molar-refractivity contribution in [1.29, 1.82) is 0 Å². The van der Waals surface area contributed by atoms with Crippen molar-refractivity contribution in [2.24, 2.45) is 0 Å². The summed E-state index contributed by atoms with van der Waals surface area (Å²) in [6.45, 7) is 4.51. The highest BCUT2D eigenvalue weighted by molar-refractivity contribution is 7.91. The first-order valence-electron chi connectivity index (χ1n) is 9.61. The van der Waals surface area contributed by atoms with E-state index in [-0.39, 0.29) is 16.4 Å². The van der Waals surface area contributed by atoms with Crippen LogP contribution in [0, 0.1) is 0 Å². The smallest absolute Gasteiger partial charge is 0.378 e. The third kappa shape index (κ3) is 5.68. The van der Waals surface area contributed by atoms with Crippen LogP contribution in [0.15, 0.2) is 52.6 Å². The predicted molar refractivity (Wildman–Crippen MR) is 116 cm³/mol. The summed E-state index contributed by atoms with van der Waals surface area (Å²) in [5, 5.41) is 4.06. The molecule has 12 heteroatoms. The normalized spacial score (nSPS) is 15.1. The fraction of sp³-hybridized carbons (Fsp3) is 0.350. The lowest BCUT2D eigenvalue weighted by Crippen LogP contribution is -2.39. The van der Waals surface area contributed by atoms with E-state index in [0.717, 1.165) is 27.8 Å². The Balaban J connectivity index is 1.86. The molecule has 1 aliphatic rings. The molecule has 32 heavy (non-hydrogen) atoms.